The van der Waals surface area contributed by atoms with Crippen LogP contribution in [0.1, 0.15) is 159 Å². The second kappa shape index (κ2) is 16.4. The fourth-order valence-electron chi connectivity index (χ4n) is 6.45. The Hall–Kier alpha value is -2.10. The van der Waals surface area contributed by atoms with Crippen LogP contribution < -0.4 is 0 Å². The van der Waals surface area contributed by atoms with E-state index in [2.05, 4.69) is 61.5 Å². The van der Waals surface area contributed by atoms with Crippen molar-refractivity contribution in [2.45, 2.75) is 146 Å². The molecule has 1 aromatic rings. The van der Waals surface area contributed by atoms with E-state index in [1.807, 2.05) is 13.8 Å². The van der Waals surface area contributed by atoms with Crippen LogP contribution in [-0.2, 0) is 27.2 Å². The molecule has 0 saturated carbocycles. The number of fused-ring (bicyclic) bond motifs is 1. The molecule has 226 valence electrons. The summed E-state index contributed by atoms with van der Waals surface area (Å²) in [6, 6.07) is 2.18. The van der Waals surface area contributed by atoms with Gasteiger partial charge in [-0.1, -0.05) is 87.6 Å². The normalized spacial score (nSPS) is 16.6. The number of carbonyl (C=O) groups is 4. The topological polar surface area (TPSA) is 68.3 Å². The molecule has 0 aromatic heterocycles. The van der Waals surface area contributed by atoms with E-state index in [4.69, 9.17) is 0 Å². The van der Waals surface area contributed by atoms with E-state index in [-0.39, 0.29) is 58.6 Å². The van der Waals surface area contributed by atoms with Crippen molar-refractivity contribution in [2.75, 3.05) is 0 Å². The van der Waals surface area contributed by atoms with Crippen LogP contribution in [0.3, 0.4) is 0 Å². The van der Waals surface area contributed by atoms with Gasteiger partial charge >= 0.3 is 0 Å². The lowest BCUT2D eigenvalue weighted by atomic mass is 9.70. The van der Waals surface area contributed by atoms with Crippen molar-refractivity contribution in [1.82, 2.24) is 0 Å². The van der Waals surface area contributed by atoms with E-state index in [0.29, 0.717) is 19.3 Å². The van der Waals surface area contributed by atoms with Crippen LogP contribution >= 0.6 is 0 Å². The molecule has 0 spiro atoms. The molecule has 40 heavy (non-hydrogen) atoms. The minimum atomic E-state index is -0.122. The lowest BCUT2D eigenvalue weighted by Crippen LogP contribution is -2.30. The molecule has 0 saturated heterocycles. The van der Waals surface area contributed by atoms with Crippen LogP contribution in [0.15, 0.2) is 6.07 Å². The third-order valence-electron chi connectivity index (χ3n) is 7.96. The Morgan fingerprint density at radius 3 is 2.10 bits per heavy atom. The van der Waals surface area contributed by atoms with Crippen LogP contribution in [0.2, 0.25) is 0 Å². The van der Waals surface area contributed by atoms with E-state index < -0.39 is 0 Å². The summed E-state index contributed by atoms with van der Waals surface area (Å²) in [5.41, 5.74) is 5.09. The third kappa shape index (κ3) is 10.7. The van der Waals surface area contributed by atoms with Gasteiger partial charge in [0.05, 0.1) is 6.42 Å². The fraction of sp³-hybridized carbons (Fsp3) is 0.722. The Balaban J connectivity index is 0.00000254. The number of benzene rings is 1. The highest BCUT2D eigenvalue weighted by molar-refractivity contribution is 6.01. The summed E-state index contributed by atoms with van der Waals surface area (Å²) in [5.74, 6) is 0.893. The van der Waals surface area contributed by atoms with Gasteiger partial charge in [0.1, 0.15) is 17.3 Å². The van der Waals surface area contributed by atoms with Crippen molar-refractivity contribution in [1.29, 1.82) is 0 Å². The highest BCUT2D eigenvalue weighted by atomic mass is 16.1. The average molecular weight is 555 g/mol. The van der Waals surface area contributed by atoms with Gasteiger partial charge in [0.2, 0.25) is 0 Å². The molecular weight excluding hydrogens is 496 g/mol. The molecule has 0 bridgehead atoms. The van der Waals surface area contributed by atoms with E-state index in [9.17, 15) is 19.2 Å². The molecule has 1 aliphatic rings. The van der Waals surface area contributed by atoms with Crippen molar-refractivity contribution < 1.29 is 19.2 Å². The predicted molar refractivity (Wildman–Crippen MR) is 167 cm³/mol. The largest absolute Gasteiger partial charge is 0.300 e. The summed E-state index contributed by atoms with van der Waals surface area (Å²) in [6.45, 7) is 22.5. The van der Waals surface area contributed by atoms with Crippen molar-refractivity contribution in [3.63, 3.8) is 0 Å². The molecule has 3 unspecified atom stereocenters. The lowest BCUT2D eigenvalue weighted by molar-refractivity contribution is -0.130. The summed E-state index contributed by atoms with van der Waals surface area (Å²) in [7, 11) is 0. The Kier molecular flexibility index (Phi) is 14.7. The zero-order chi connectivity index (χ0) is 30.8. The molecule has 4 heteroatoms. The first-order valence-corrected chi connectivity index (χ1v) is 15.8. The number of ketones is 4. The van der Waals surface area contributed by atoms with Gasteiger partial charge in [0, 0.05) is 30.7 Å². The summed E-state index contributed by atoms with van der Waals surface area (Å²) in [5, 5.41) is 0. The fourth-order valence-corrected chi connectivity index (χ4v) is 6.45. The first kappa shape index (κ1) is 35.9. The minimum absolute atomic E-state index is 0.0125. The molecule has 0 N–H and O–H groups in total. The molecule has 0 heterocycles. The molecule has 0 amide bonds. The van der Waals surface area contributed by atoms with Crippen molar-refractivity contribution in [3.05, 3.63) is 33.9 Å². The SMILES string of the molecule is CCC.CCCC(CC1CC(=O)c2c(C)c(CC(=O)CC(C)(C)C)cc(C(C)C)c2C1)C(CC)C(=O)CC(C)=O. The van der Waals surface area contributed by atoms with Crippen molar-refractivity contribution in [3.8, 4) is 0 Å². The average Bonchev–Trinajstić information content (AvgIpc) is 2.79. The maximum Gasteiger partial charge on any atom is 0.163 e. The number of Topliss-reactive ketones (excluding diaryl/α,β-unsaturated/α-hetero) is 4. The summed E-state index contributed by atoms with van der Waals surface area (Å²) < 4.78 is 0. The van der Waals surface area contributed by atoms with Crippen LogP contribution in [0.5, 0.6) is 0 Å². The molecule has 1 aliphatic carbocycles. The number of carbonyl (C=O) groups excluding carboxylic acids is 4. The van der Waals surface area contributed by atoms with Crippen molar-refractivity contribution >= 4 is 23.1 Å². The zero-order valence-corrected chi connectivity index (χ0v) is 27.6. The van der Waals surface area contributed by atoms with Gasteiger partial charge in [-0.25, -0.2) is 0 Å². The predicted octanol–water partition coefficient (Wildman–Crippen LogP) is 9.21. The van der Waals surface area contributed by atoms with Crippen LogP contribution in [0.25, 0.3) is 0 Å². The quantitative estimate of drug-likeness (QED) is 0.228. The second-order valence-corrected chi connectivity index (χ2v) is 13.8. The maximum atomic E-state index is 13.6. The number of rotatable bonds is 13. The van der Waals surface area contributed by atoms with Gasteiger partial charge in [-0.2, -0.15) is 0 Å². The molecule has 2 rings (SSSR count). The molecule has 3 atom stereocenters. The highest BCUT2D eigenvalue weighted by Gasteiger charge is 2.35. The van der Waals surface area contributed by atoms with E-state index in [0.717, 1.165) is 54.4 Å². The Labute approximate surface area is 245 Å². The summed E-state index contributed by atoms with van der Waals surface area (Å²) in [4.78, 5) is 51.0. The molecular formula is C36H58O4. The minimum Gasteiger partial charge on any atom is -0.300 e. The Bertz CT molecular complexity index is 1020. The first-order valence-electron chi connectivity index (χ1n) is 15.8. The molecule has 0 radical (unpaired) electrons. The van der Waals surface area contributed by atoms with Gasteiger partial charge in [0.25, 0.3) is 0 Å². The maximum absolute atomic E-state index is 13.6. The number of hydrogen-bond acceptors (Lipinski definition) is 4. The summed E-state index contributed by atoms with van der Waals surface area (Å²) in [6.07, 6.45) is 6.97. The summed E-state index contributed by atoms with van der Waals surface area (Å²) >= 11 is 0. The van der Waals surface area contributed by atoms with Crippen LogP contribution in [0, 0.1) is 30.1 Å². The third-order valence-corrected chi connectivity index (χ3v) is 7.96. The second-order valence-electron chi connectivity index (χ2n) is 13.8. The smallest absolute Gasteiger partial charge is 0.163 e. The molecule has 4 nitrogen and oxygen atoms in total. The standard InChI is InChI=1S/C33H50O4.C3H8/c1-10-12-24(27(11-2)30(36)13-21(5)34)14-23-15-29-28(20(3)4)18-25(17-26(35)19-33(7,8)9)22(6)32(29)31(37)16-23;1-3-2/h18,20,23-24,27H,10-17,19H2,1-9H3;3H2,1-2H3. The first-order chi connectivity index (χ1) is 18.6. The Morgan fingerprint density at radius 2 is 1.62 bits per heavy atom. The van der Waals surface area contributed by atoms with Gasteiger partial charge in [0.15, 0.2) is 5.78 Å². The highest BCUT2D eigenvalue weighted by Crippen LogP contribution is 2.40. The molecule has 1 aromatic carbocycles. The number of hydrogen-bond donors (Lipinski definition) is 0. The molecule has 0 aliphatic heterocycles. The zero-order valence-electron chi connectivity index (χ0n) is 27.6. The van der Waals surface area contributed by atoms with Gasteiger partial charge in [-0.15, -0.1) is 0 Å². The molecule has 0 fully saturated rings. The van der Waals surface area contributed by atoms with Gasteiger partial charge < -0.3 is 0 Å². The van der Waals surface area contributed by atoms with Crippen molar-refractivity contribution in [2.24, 2.45) is 23.2 Å². The van der Waals surface area contributed by atoms with Gasteiger partial charge in [-0.3, -0.25) is 19.2 Å². The van der Waals surface area contributed by atoms with Gasteiger partial charge in [-0.05, 0) is 78.5 Å². The van der Waals surface area contributed by atoms with Crippen LogP contribution in [-0.4, -0.2) is 23.1 Å². The van der Waals surface area contributed by atoms with E-state index in [1.54, 1.807) is 0 Å². The van der Waals surface area contributed by atoms with Crippen LogP contribution in [0.4, 0.5) is 0 Å². The monoisotopic (exact) mass is 554 g/mol. The Morgan fingerprint density at radius 1 is 1.02 bits per heavy atom. The van der Waals surface area contributed by atoms with E-state index in [1.165, 1.54) is 18.9 Å². The lowest BCUT2D eigenvalue weighted by Gasteiger charge is -2.33. The van der Waals surface area contributed by atoms with E-state index >= 15 is 0 Å².